The number of benzene rings is 1. The number of hydrogen-bond donors (Lipinski definition) is 2. The minimum atomic E-state index is 0.558. The Morgan fingerprint density at radius 2 is 1.65 bits per heavy atom. The maximum atomic E-state index is 5.71. The highest BCUT2D eigenvalue weighted by Gasteiger charge is 2.12. The lowest BCUT2D eigenvalue weighted by atomic mass is 10.2. The summed E-state index contributed by atoms with van der Waals surface area (Å²) in [5, 5.41) is 6.77. The molecule has 1 rings (SSSR count). The molecule has 5 heteroatoms. The summed E-state index contributed by atoms with van der Waals surface area (Å²) in [6.07, 6.45) is 2.12. The second-order valence-electron chi connectivity index (χ2n) is 7.10. The highest BCUT2D eigenvalue weighted by Crippen LogP contribution is 2.03. The molecule has 0 saturated carbocycles. The third kappa shape index (κ3) is 9.78. The van der Waals surface area contributed by atoms with Crippen LogP contribution in [-0.2, 0) is 11.3 Å². The van der Waals surface area contributed by atoms with Crippen LogP contribution in [0.2, 0.25) is 0 Å². The van der Waals surface area contributed by atoms with Gasteiger partial charge in [-0.1, -0.05) is 30.3 Å². The van der Waals surface area contributed by atoms with Crippen LogP contribution in [0.15, 0.2) is 35.3 Å². The van der Waals surface area contributed by atoms with Crippen LogP contribution in [0.1, 0.15) is 46.1 Å². The first kappa shape index (κ1) is 22.5. The topological polar surface area (TPSA) is 48.9 Å². The van der Waals surface area contributed by atoms with Crippen LogP contribution >= 0.6 is 0 Å². The van der Waals surface area contributed by atoms with Crippen molar-refractivity contribution in [3.05, 3.63) is 35.9 Å². The Bertz CT molecular complexity index is 480. The van der Waals surface area contributed by atoms with Crippen LogP contribution in [0.3, 0.4) is 0 Å². The summed E-state index contributed by atoms with van der Waals surface area (Å²) in [7, 11) is 1.82. The summed E-state index contributed by atoms with van der Waals surface area (Å²) in [5.41, 5.74) is 1.23. The van der Waals surface area contributed by atoms with Crippen molar-refractivity contribution in [2.24, 2.45) is 4.99 Å². The fraction of sp³-hybridized carbons (Fsp3) is 0.667. The molecule has 0 radical (unpaired) electrons. The maximum absolute atomic E-state index is 5.71. The highest BCUT2D eigenvalue weighted by atomic mass is 16.5. The summed E-state index contributed by atoms with van der Waals surface area (Å²) in [4.78, 5) is 6.77. The Morgan fingerprint density at radius 3 is 2.27 bits per heavy atom. The van der Waals surface area contributed by atoms with E-state index >= 15 is 0 Å². The van der Waals surface area contributed by atoms with Gasteiger partial charge in [0.05, 0.1) is 6.61 Å². The van der Waals surface area contributed by atoms with E-state index in [0.29, 0.717) is 18.7 Å². The summed E-state index contributed by atoms with van der Waals surface area (Å²) in [6.45, 7) is 13.3. The van der Waals surface area contributed by atoms with Gasteiger partial charge in [-0.15, -0.1) is 0 Å². The smallest absolute Gasteiger partial charge is 0.191 e. The molecular formula is C21H38N4O. The van der Waals surface area contributed by atoms with Gasteiger partial charge < -0.3 is 15.4 Å². The predicted molar refractivity (Wildman–Crippen MR) is 112 cm³/mol. The van der Waals surface area contributed by atoms with Crippen LogP contribution in [0, 0.1) is 0 Å². The van der Waals surface area contributed by atoms with E-state index in [4.69, 9.17) is 4.74 Å². The average Bonchev–Trinajstić information content (AvgIpc) is 2.62. The Morgan fingerprint density at radius 1 is 1.00 bits per heavy atom. The van der Waals surface area contributed by atoms with Crippen molar-refractivity contribution >= 4 is 5.96 Å². The first-order chi connectivity index (χ1) is 12.5. The molecule has 0 saturated heterocycles. The SMILES string of the molecule is CN=C(NCCCCOCc1ccccc1)NCCN(C(C)C)C(C)C. The van der Waals surface area contributed by atoms with Crippen molar-refractivity contribution in [2.45, 2.75) is 59.2 Å². The van der Waals surface area contributed by atoms with Crippen molar-refractivity contribution in [1.29, 1.82) is 0 Å². The molecule has 0 aliphatic rings. The van der Waals surface area contributed by atoms with E-state index in [1.807, 2.05) is 25.2 Å². The van der Waals surface area contributed by atoms with E-state index in [-0.39, 0.29) is 0 Å². The first-order valence-electron chi connectivity index (χ1n) is 9.86. The van der Waals surface area contributed by atoms with E-state index < -0.39 is 0 Å². The Kier molecular flexibility index (Phi) is 11.7. The van der Waals surface area contributed by atoms with Gasteiger partial charge in [0, 0.05) is 45.4 Å². The molecule has 0 spiro atoms. The number of guanidine groups is 1. The molecule has 0 bridgehead atoms. The second-order valence-corrected chi connectivity index (χ2v) is 7.10. The molecule has 2 N–H and O–H groups in total. The van der Waals surface area contributed by atoms with Gasteiger partial charge in [0.1, 0.15) is 0 Å². The number of nitrogens with zero attached hydrogens (tertiary/aromatic N) is 2. The lowest BCUT2D eigenvalue weighted by Gasteiger charge is -2.30. The zero-order valence-electron chi connectivity index (χ0n) is 17.3. The summed E-state index contributed by atoms with van der Waals surface area (Å²) >= 11 is 0. The Labute approximate surface area is 160 Å². The van der Waals surface area contributed by atoms with Gasteiger partial charge in [-0.3, -0.25) is 9.89 Å². The molecule has 0 amide bonds. The standard InChI is InChI=1S/C21H38N4O/c1-18(2)25(19(3)4)15-14-24-21(22-5)23-13-9-10-16-26-17-20-11-7-6-8-12-20/h6-8,11-12,18-19H,9-10,13-17H2,1-5H3,(H2,22,23,24). The van der Waals surface area contributed by atoms with E-state index in [1.54, 1.807) is 0 Å². The highest BCUT2D eigenvalue weighted by molar-refractivity contribution is 5.79. The van der Waals surface area contributed by atoms with Crippen molar-refractivity contribution < 1.29 is 4.74 Å². The van der Waals surface area contributed by atoms with Gasteiger partial charge in [0.15, 0.2) is 5.96 Å². The van der Waals surface area contributed by atoms with Crippen LogP contribution in [0.25, 0.3) is 0 Å². The third-order valence-electron chi connectivity index (χ3n) is 4.33. The molecule has 1 aromatic rings. The van der Waals surface area contributed by atoms with Gasteiger partial charge in [0.2, 0.25) is 0 Å². The van der Waals surface area contributed by atoms with Crippen molar-refractivity contribution in [1.82, 2.24) is 15.5 Å². The molecular weight excluding hydrogens is 324 g/mol. The lowest BCUT2D eigenvalue weighted by molar-refractivity contribution is 0.117. The third-order valence-corrected chi connectivity index (χ3v) is 4.33. The fourth-order valence-corrected chi connectivity index (χ4v) is 2.94. The zero-order chi connectivity index (χ0) is 19.2. The predicted octanol–water partition coefficient (Wildman–Crippen LogP) is 3.27. The zero-order valence-corrected chi connectivity index (χ0v) is 17.3. The Balaban J connectivity index is 2.07. The maximum Gasteiger partial charge on any atom is 0.191 e. The number of ether oxygens (including phenoxy) is 1. The Hall–Kier alpha value is -1.59. The molecule has 26 heavy (non-hydrogen) atoms. The number of aliphatic imine (C=N–C) groups is 1. The minimum Gasteiger partial charge on any atom is -0.377 e. The average molecular weight is 363 g/mol. The summed E-state index contributed by atoms with van der Waals surface area (Å²) in [6, 6.07) is 11.4. The normalized spacial score (nSPS) is 12.2. The van der Waals surface area contributed by atoms with Gasteiger partial charge in [-0.25, -0.2) is 0 Å². The lowest BCUT2D eigenvalue weighted by Crippen LogP contribution is -2.45. The van der Waals surface area contributed by atoms with Gasteiger partial charge in [0.25, 0.3) is 0 Å². The molecule has 1 aromatic carbocycles. The van der Waals surface area contributed by atoms with Crippen molar-refractivity contribution in [3.63, 3.8) is 0 Å². The van der Waals surface area contributed by atoms with E-state index in [2.05, 4.69) is 60.4 Å². The quantitative estimate of drug-likeness (QED) is 0.340. The van der Waals surface area contributed by atoms with Gasteiger partial charge in [-0.2, -0.15) is 0 Å². The summed E-state index contributed by atoms with van der Waals surface area (Å²) in [5.74, 6) is 0.877. The van der Waals surface area contributed by atoms with Crippen molar-refractivity contribution in [3.8, 4) is 0 Å². The molecule has 0 aliphatic heterocycles. The molecule has 0 unspecified atom stereocenters. The van der Waals surface area contributed by atoms with Crippen LogP contribution in [0.5, 0.6) is 0 Å². The minimum absolute atomic E-state index is 0.558. The molecule has 0 fully saturated rings. The fourth-order valence-electron chi connectivity index (χ4n) is 2.94. The van der Waals surface area contributed by atoms with Crippen LogP contribution in [0.4, 0.5) is 0 Å². The molecule has 0 aliphatic carbocycles. The molecule has 0 aromatic heterocycles. The van der Waals surface area contributed by atoms with E-state index in [1.165, 1.54) is 5.56 Å². The van der Waals surface area contributed by atoms with E-state index in [9.17, 15) is 0 Å². The van der Waals surface area contributed by atoms with Crippen molar-refractivity contribution in [2.75, 3.05) is 33.3 Å². The molecule has 5 nitrogen and oxygen atoms in total. The first-order valence-corrected chi connectivity index (χ1v) is 9.86. The number of nitrogens with one attached hydrogen (secondary N) is 2. The second kappa shape index (κ2) is 13.6. The number of hydrogen-bond acceptors (Lipinski definition) is 3. The summed E-state index contributed by atoms with van der Waals surface area (Å²) < 4.78 is 5.71. The van der Waals surface area contributed by atoms with Gasteiger partial charge >= 0.3 is 0 Å². The van der Waals surface area contributed by atoms with E-state index in [0.717, 1.165) is 45.0 Å². The van der Waals surface area contributed by atoms with Gasteiger partial charge in [-0.05, 0) is 46.1 Å². The molecule has 0 atom stereocenters. The van der Waals surface area contributed by atoms with Crippen LogP contribution in [-0.4, -0.2) is 56.2 Å². The number of unbranched alkanes of at least 4 members (excludes halogenated alkanes) is 1. The molecule has 148 valence electrons. The molecule has 0 heterocycles. The monoisotopic (exact) mass is 362 g/mol. The largest absolute Gasteiger partial charge is 0.377 e. The van der Waals surface area contributed by atoms with Crippen LogP contribution < -0.4 is 10.6 Å². The number of rotatable bonds is 12.